The van der Waals surface area contributed by atoms with Gasteiger partial charge in [0.25, 0.3) is 0 Å². The van der Waals surface area contributed by atoms with Crippen molar-refractivity contribution in [1.29, 1.82) is 0 Å². The molecule has 4 aromatic carbocycles. The first-order valence-electron chi connectivity index (χ1n) is 28.0. The van der Waals surface area contributed by atoms with Crippen LogP contribution in [0.25, 0.3) is 55.2 Å². The second-order valence-electron chi connectivity index (χ2n) is 21.1. The first kappa shape index (κ1) is 53.4. The average Bonchev–Trinajstić information content (AvgIpc) is 4.26. The van der Waals surface area contributed by atoms with Crippen LogP contribution in [0.5, 0.6) is 11.5 Å². The van der Waals surface area contributed by atoms with Gasteiger partial charge in [-0.05, 0) is 92.8 Å². The summed E-state index contributed by atoms with van der Waals surface area (Å²) >= 11 is 0. The third-order valence-electron chi connectivity index (χ3n) is 15.9. The molecule has 8 heterocycles. The molecule has 8 aromatic rings. The first-order chi connectivity index (χ1) is 39.0. The number of nitrogens with one attached hydrogen (secondary N) is 3. The lowest BCUT2D eigenvalue weighted by molar-refractivity contribution is -0.141. The summed E-state index contributed by atoms with van der Waals surface area (Å²) in [4.78, 5) is 79.2. The normalized spacial score (nSPS) is 17.6. The molecule has 4 bridgehead atoms. The number of nitrogens with two attached hydrogens (primary N) is 1. The maximum atomic E-state index is 16.2. The van der Waals surface area contributed by atoms with E-state index < -0.39 is 5.82 Å². The highest BCUT2D eigenvalue weighted by Crippen LogP contribution is 2.43. The second-order valence-corrected chi connectivity index (χ2v) is 21.1. The van der Waals surface area contributed by atoms with Gasteiger partial charge in [0.1, 0.15) is 60.3 Å². The van der Waals surface area contributed by atoms with Crippen LogP contribution in [0, 0.1) is 5.82 Å². The third kappa shape index (κ3) is 10.9. The molecule has 12 rings (SSSR count). The minimum Gasteiger partial charge on any atom is -0.457 e. The van der Waals surface area contributed by atoms with Gasteiger partial charge in [-0.1, -0.05) is 54.4 Å². The number of aromatic nitrogens is 8. The number of carbonyl (C=O) groups excluding carboxylic acids is 5. The molecular weight excluding hydrogens is 1020 g/mol. The van der Waals surface area contributed by atoms with Gasteiger partial charge in [-0.15, -0.1) is 9.69 Å². The highest BCUT2D eigenvalue weighted by Gasteiger charge is 2.46. The summed E-state index contributed by atoms with van der Waals surface area (Å²) in [7, 11) is 0. The molecule has 4 aliphatic rings. The number of nitrogen functional groups attached to an aromatic ring is 1. The number of benzene rings is 4. The van der Waals surface area contributed by atoms with Crippen LogP contribution in [0.2, 0.25) is 0 Å². The van der Waals surface area contributed by atoms with Crippen molar-refractivity contribution in [2.24, 2.45) is 0 Å². The van der Waals surface area contributed by atoms with Crippen molar-refractivity contribution in [3.8, 4) is 33.9 Å². The highest BCUT2D eigenvalue weighted by atomic mass is 19.1. The van der Waals surface area contributed by atoms with Gasteiger partial charge < -0.3 is 31.3 Å². The average molecular weight is 1090 g/mol. The molecule has 21 heteroatoms. The molecule has 4 aliphatic heterocycles. The Balaban J connectivity index is 0.651. The fourth-order valence-electron chi connectivity index (χ4n) is 11.8. The van der Waals surface area contributed by atoms with Crippen molar-refractivity contribution in [2.45, 2.75) is 102 Å². The molecule has 2 fully saturated rings. The summed E-state index contributed by atoms with van der Waals surface area (Å²) in [6.07, 6.45) is 10.5. The van der Waals surface area contributed by atoms with E-state index in [2.05, 4.69) is 25.9 Å². The molecule has 80 heavy (non-hydrogen) atoms. The Bertz CT molecular complexity index is 3610. The monoisotopic (exact) mass is 1090 g/mol. The van der Waals surface area contributed by atoms with Gasteiger partial charge in [0, 0.05) is 79.7 Å². The number of piperidine rings is 2. The number of quaternary nitrogens is 1. The standard InChI is InChI=1S/C59H65FN14O6/c1-2-62-50(76)34-64-51(77)36-71-47-17-11-16-44-45-32-48-40(31-46(45)60)33-67-73(48)74(29-25-39(26-30-74)56(68-71)54(44)47)53(79)24-23-49(75)63-27-10-5-3-4-9-18-52(78)70-28-12-13-41(35-70)72-59-55(58(61)65-37-66-59)57(69-72)38-19-21-43(22-20-38)80-42-14-7-6-8-15-42/h6-8,11,14-17,19-22,31-33,37,39,41H,2-5,9-10,12-13,18,23-30,34-36H2,1H3,(H4-,61,62,63,64,65,66,69,75,76,77)/p+1. The summed E-state index contributed by atoms with van der Waals surface area (Å²) in [5.74, 6) is 0.294. The van der Waals surface area contributed by atoms with Crippen LogP contribution in [0.15, 0.2) is 97.5 Å². The number of para-hydroxylation sites is 1. The molecule has 5 amide bonds. The molecule has 0 saturated carbocycles. The number of hydrogen-bond donors (Lipinski definition) is 4. The zero-order valence-corrected chi connectivity index (χ0v) is 44.9. The fourth-order valence-corrected chi connectivity index (χ4v) is 11.8. The van der Waals surface area contributed by atoms with Crippen molar-refractivity contribution in [3.05, 3.63) is 109 Å². The largest absolute Gasteiger partial charge is 0.457 e. The molecule has 0 spiro atoms. The number of unbranched alkanes of at least 4 members (excludes halogenated alkanes) is 4. The lowest BCUT2D eigenvalue weighted by atomic mass is 9.88. The Hall–Kier alpha value is -8.59. The van der Waals surface area contributed by atoms with Crippen molar-refractivity contribution in [1.82, 2.24) is 64.9 Å². The first-order valence-corrected chi connectivity index (χ1v) is 28.0. The van der Waals surface area contributed by atoms with Crippen LogP contribution in [0.4, 0.5) is 10.2 Å². The topological polar surface area (TPSA) is 239 Å². The number of hydrogen-bond acceptors (Lipinski definition) is 12. The van der Waals surface area contributed by atoms with E-state index in [0.717, 1.165) is 67.3 Å². The Morgan fingerprint density at radius 2 is 1.55 bits per heavy atom. The molecule has 20 nitrogen and oxygen atoms in total. The zero-order chi connectivity index (χ0) is 55.3. The lowest BCUT2D eigenvalue weighted by Gasteiger charge is -2.39. The zero-order valence-electron chi connectivity index (χ0n) is 44.9. The number of halogens is 1. The van der Waals surface area contributed by atoms with Crippen molar-refractivity contribution < 1.29 is 33.1 Å². The molecule has 1 atom stereocenters. The molecule has 5 N–H and O–H groups in total. The van der Waals surface area contributed by atoms with Crippen molar-refractivity contribution >= 4 is 68.2 Å². The van der Waals surface area contributed by atoms with Crippen molar-refractivity contribution in [2.75, 3.05) is 51.5 Å². The molecule has 0 radical (unpaired) electrons. The molecule has 1 unspecified atom stereocenters. The van der Waals surface area contributed by atoms with Crippen molar-refractivity contribution in [3.63, 3.8) is 0 Å². The van der Waals surface area contributed by atoms with Gasteiger partial charge in [-0.2, -0.15) is 10.2 Å². The summed E-state index contributed by atoms with van der Waals surface area (Å²) < 4.78 is 25.6. The van der Waals surface area contributed by atoms with E-state index in [1.165, 1.54) is 12.4 Å². The van der Waals surface area contributed by atoms with Gasteiger partial charge in [0.15, 0.2) is 5.65 Å². The quantitative estimate of drug-likeness (QED) is 0.0427. The number of amides is 5. The smallest absolute Gasteiger partial charge is 0.340 e. The maximum Gasteiger partial charge on any atom is 0.340 e. The molecule has 0 aliphatic carbocycles. The van der Waals surface area contributed by atoms with Gasteiger partial charge in [0.2, 0.25) is 23.6 Å². The number of ether oxygens (including phenoxy) is 1. The number of likely N-dealkylation sites (tertiary alicyclic amines) is 1. The van der Waals surface area contributed by atoms with Crippen LogP contribution >= 0.6 is 0 Å². The van der Waals surface area contributed by atoms with Crippen LogP contribution in [0.3, 0.4) is 0 Å². The number of carbonyl (C=O) groups is 5. The van der Waals surface area contributed by atoms with Crippen LogP contribution in [0.1, 0.15) is 102 Å². The van der Waals surface area contributed by atoms with Crippen LogP contribution in [-0.4, -0.2) is 120 Å². The number of anilines is 1. The molecule has 4 aromatic heterocycles. The van der Waals surface area contributed by atoms with E-state index in [1.807, 2.05) is 82.4 Å². The van der Waals surface area contributed by atoms with E-state index in [4.69, 9.17) is 25.8 Å². The van der Waals surface area contributed by atoms with Gasteiger partial charge in [-0.3, -0.25) is 23.9 Å². The third-order valence-corrected chi connectivity index (χ3v) is 15.9. The van der Waals surface area contributed by atoms with Gasteiger partial charge >= 0.3 is 5.91 Å². The van der Waals surface area contributed by atoms with Gasteiger partial charge in [-0.25, -0.2) is 23.8 Å². The van der Waals surface area contributed by atoms with E-state index in [-0.39, 0.29) is 72.0 Å². The number of fused-ring (bicyclic) bond motifs is 3. The molecule has 2 saturated heterocycles. The summed E-state index contributed by atoms with van der Waals surface area (Å²) in [6, 6.07) is 25.9. The lowest BCUT2D eigenvalue weighted by Crippen LogP contribution is -2.65. The fraction of sp³-hybridized carbons (Fsp3) is 0.390. The highest BCUT2D eigenvalue weighted by molar-refractivity contribution is 6.01. The van der Waals surface area contributed by atoms with E-state index in [0.29, 0.717) is 114 Å². The van der Waals surface area contributed by atoms with E-state index in [9.17, 15) is 24.0 Å². The van der Waals surface area contributed by atoms with E-state index >= 15 is 4.39 Å². The van der Waals surface area contributed by atoms with E-state index in [1.54, 1.807) is 28.7 Å². The predicted octanol–water partition coefficient (Wildman–Crippen LogP) is 7.58. The summed E-state index contributed by atoms with van der Waals surface area (Å²) in [5, 5.41) is 25.1. The minimum absolute atomic E-state index is 0.00869. The summed E-state index contributed by atoms with van der Waals surface area (Å²) in [6.45, 7) is 4.39. The Morgan fingerprint density at radius 3 is 2.36 bits per heavy atom. The SMILES string of the molecule is CCNC(=O)CNC(=O)Cn1nc2c3c(cccc31)-c1cc3c(cnn3[N+]3(C(=O)CCC(=O)NCCCCCCCC(=O)N4CCCC(n5nc(-c6ccc(Oc7ccccc7)cc6)c6c(N)ncnc65)C4)CCC2CC3)cc1F. The minimum atomic E-state index is -0.454. The molecule has 414 valence electrons. The maximum absolute atomic E-state index is 16.2. The van der Waals surface area contributed by atoms with Crippen LogP contribution in [-0.2, 0) is 30.5 Å². The van der Waals surface area contributed by atoms with Gasteiger partial charge in [0.05, 0.1) is 41.8 Å². The number of likely N-dealkylation sites (N-methyl/N-ethyl adjacent to an activating group) is 1. The Kier molecular flexibility index (Phi) is 15.6. The Labute approximate surface area is 461 Å². The number of rotatable bonds is 20. The predicted molar refractivity (Wildman–Crippen MR) is 301 cm³/mol. The summed E-state index contributed by atoms with van der Waals surface area (Å²) in [5.41, 5.74) is 11.6. The number of nitrogens with zero attached hydrogens (tertiary/aromatic N) is 10. The Morgan fingerprint density at radius 1 is 0.762 bits per heavy atom. The second kappa shape index (κ2) is 23.4. The molecular formula is C59H66FN14O6+. The van der Waals surface area contributed by atoms with Crippen LogP contribution < -0.4 is 31.0 Å².